The summed E-state index contributed by atoms with van der Waals surface area (Å²) in [5, 5.41) is 4.50. The number of hydrogen-bond donors (Lipinski definition) is 2. The van der Waals surface area contributed by atoms with Crippen molar-refractivity contribution in [1.82, 2.24) is 10.3 Å². The maximum absolute atomic E-state index is 12.4. The van der Waals surface area contributed by atoms with Crippen molar-refractivity contribution >= 4 is 16.8 Å². The van der Waals surface area contributed by atoms with Gasteiger partial charge in [0.15, 0.2) is 0 Å². The van der Waals surface area contributed by atoms with Gasteiger partial charge in [-0.05, 0) is 30.0 Å². The predicted molar refractivity (Wildman–Crippen MR) is 108 cm³/mol. The van der Waals surface area contributed by atoms with E-state index in [4.69, 9.17) is 4.74 Å². The fourth-order valence-corrected chi connectivity index (χ4v) is 4.32. The number of carbonyl (C=O) groups excluding carboxylic acids is 1. The standard InChI is InChI=1S/C23H26N2O2/c1-3-20(26)25-21(16-10-6-5-7-11-16)23(4-2)22-18(14-15-27-23)17-12-8-9-13-19(17)24-22/h5-13,21,24H,3-4,14-15H2,1-2H3,(H,25,26). The molecule has 27 heavy (non-hydrogen) atoms. The highest BCUT2D eigenvalue weighted by atomic mass is 16.5. The van der Waals surface area contributed by atoms with Gasteiger partial charge in [0.25, 0.3) is 0 Å². The molecule has 0 saturated heterocycles. The number of aromatic nitrogens is 1. The minimum absolute atomic E-state index is 0.0310. The van der Waals surface area contributed by atoms with Crippen molar-refractivity contribution in [2.45, 2.75) is 44.8 Å². The van der Waals surface area contributed by atoms with Gasteiger partial charge in [0.1, 0.15) is 5.60 Å². The van der Waals surface area contributed by atoms with E-state index in [1.54, 1.807) is 0 Å². The highest BCUT2D eigenvalue weighted by Gasteiger charge is 2.46. The van der Waals surface area contributed by atoms with Crippen LogP contribution in [0, 0.1) is 0 Å². The second-order valence-electron chi connectivity index (χ2n) is 7.13. The molecule has 140 valence electrons. The summed E-state index contributed by atoms with van der Waals surface area (Å²) in [5.74, 6) is 0.0310. The molecule has 2 N–H and O–H groups in total. The van der Waals surface area contributed by atoms with Gasteiger partial charge in [-0.1, -0.05) is 62.4 Å². The number of fused-ring (bicyclic) bond motifs is 3. The largest absolute Gasteiger partial charge is 0.366 e. The second-order valence-corrected chi connectivity index (χ2v) is 7.13. The molecule has 2 aromatic carbocycles. The van der Waals surface area contributed by atoms with Crippen molar-refractivity contribution in [3.8, 4) is 0 Å². The van der Waals surface area contributed by atoms with Gasteiger partial charge in [0.05, 0.1) is 18.3 Å². The van der Waals surface area contributed by atoms with E-state index >= 15 is 0 Å². The zero-order valence-electron chi connectivity index (χ0n) is 15.9. The molecule has 1 amide bonds. The number of para-hydroxylation sites is 1. The summed E-state index contributed by atoms with van der Waals surface area (Å²) < 4.78 is 6.49. The molecule has 1 aliphatic rings. The zero-order chi connectivity index (χ0) is 18.9. The SMILES string of the molecule is CCC(=O)NC(c1ccccc1)C1(CC)OCCc2c1[nH]c1ccccc21. The Morgan fingerprint density at radius 2 is 1.89 bits per heavy atom. The van der Waals surface area contributed by atoms with Gasteiger partial charge in [0.2, 0.25) is 5.91 Å². The molecule has 0 aliphatic carbocycles. The smallest absolute Gasteiger partial charge is 0.220 e. The maximum Gasteiger partial charge on any atom is 0.220 e. The molecule has 0 fully saturated rings. The highest BCUT2D eigenvalue weighted by molar-refractivity contribution is 5.85. The number of ether oxygens (including phenoxy) is 1. The molecule has 4 heteroatoms. The third-order valence-corrected chi connectivity index (χ3v) is 5.70. The number of benzene rings is 2. The summed E-state index contributed by atoms with van der Waals surface area (Å²) >= 11 is 0. The van der Waals surface area contributed by atoms with Gasteiger partial charge >= 0.3 is 0 Å². The summed E-state index contributed by atoms with van der Waals surface area (Å²) in [6, 6.07) is 18.3. The molecule has 3 aromatic rings. The first-order valence-electron chi connectivity index (χ1n) is 9.78. The van der Waals surface area contributed by atoms with Crippen LogP contribution >= 0.6 is 0 Å². The van der Waals surface area contributed by atoms with Crippen molar-refractivity contribution in [2.24, 2.45) is 0 Å². The Morgan fingerprint density at radius 3 is 2.63 bits per heavy atom. The lowest BCUT2D eigenvalue weighted by atomic mass is 9.79. The average Bonchev–Trinajstić information content (AvgIpc) is 3.12. The van der Waals surface area contributed by atoms with E-state index in [1.807, 2.05) is 31.2 Å². The van der Waals surface area contributed by atoms with Gasteiger partial charge in [0, 0.05) is 17.3 Å². The lowest BCUT2D eigenvalue weighted by Gasteiger charge is -2.43. The van der Waals surface area contributed by atoms with Gasteiger partial charge in [-0.3, -0.25) is 4.79 Å². The molecule has 1 aromatic heterocycles. The van der Waals surface area contributed by atoms with E-state index in [0.717, 1.165) is 29.6 Å². The van der Waals surface area contributed by atoms with E-state index in [2.05, 4.69) is 47.6 Å². The summed E-state index contributed by atoms with van der Waals surface area (Å²) in [5.41, 5.74) is 3.99. The molecule has 4 rings (SSSR count). The zero-order valence-corrected chi connectivity index (χ0v) is 15.9. The van der Waals surface area contributed by atoms with Crippen LogP contribution in [0.5, 0.6) is 0 Å². The van der Waals surface area contributed by atoms with Gasteiger partial charge in [-0.2, -0.15) is 0 Å². The summed E-state index contributed by atoms with van der Waals surface area (Å²) in [7, 11) is 0. The molecule has 2 heterocycles. The van der Waals surface area contributed by atoms with Gasteiger partial charge in [-0.25, -0.2) is 0 Å². The maximum atomic E-state index is 12.4. The molecular formula is C23H26N2O2. The van der Waals surface area contributed by atoms with E-state index in [-0.39, 0.29) is 11.9 Å². The number of rotatable bonds is 5. The molecule has 2 atom stereocenters. The Balaban J connectivity index is 1.91. The molecule has 1 aliphatic heterocycles. The van der Waals surface area contributed by atoms with Crippen molar-refractivity contribution in [2.75, 3.05) is 6.61 Å². The van der Waals surface area contributed by atoms with E-state index in [9.17, 15) is 4.79 Å². The number of hydrogen-bond acceptors (Lipinski definition) is 2. The molecule has 0 radical (unpaired) electrons. The highest BCUT2D eigenvalue weighted by Crippen LogP contribution is 2.46. The molecule has 4 nitrogen and oxygen atoms in total. The lowest BCUT2D eigenvalue weighted by molar-refractivity contribution is -0.129. The van der Waals surface area contributed by atoms with Crippen LogP contribution in [0.1, 0.15) is 49.6 Å². The average molecular weight is 362 g/mol. The van der Waals surface area contributed by atoms with Crippen molar-refractivity contribution in [3.05, 3.63) is 71.4 Å². The first-order chi connectivity index (χ1) is 13.2. The van der Waals surface area contributed by atoms with Crippen LogP contribution in [-0.4, -0.2) is 17.5 Å². The topological polar surface area (TPSA) is 54.1 Å². The van der Waals surface area contributed by atoms with Crippen LogP contribution in [0.4, 0.5) is 0 Å². The minimum Gasteiger partial charge on any atom is -0.366 e. The molecule has 0 saturated carbocycles. The Morgan fingerprint density at radius 1 is 1.15 bits per heavy atom. The summed E-state index contributed by atoms with van der Waals surface area (Å²) in [6.07, 6.45) is 2.09. The third-order valence-electron chi connectivity index (χ3n) is 5.70. The van der Waals surface area contributed by atoms with Crippen molar-refractivity contribution in [1.29, 1.82) is 0 Å². The Bertz CT molecular complexity index is 947. The van der Waals surface area contributed by atoms with Crippen molar-refractivity contribution in [3.63, 3.8) is 0 Å². The molecule has 0 spiro atoms. The first kappa shape index (κ1) is 17.8. The second kappa shape index (κ2) is 7.20. The fourth-order valence-electron chi connectivity index (χ4n) is 4.32. The number of nitrogens with one attached hydrogen (secondary N) is 2. The normalized spacial score (nSPS) is 20.2. The Hall–Kier alpha value is -2.59. The minimum atomic E-state index is -0.612. The van der Waals surface area contributed by atoms with Gasteiger partial charge in [-0.15, -0.1) is 0 Å². The van der Waals surface area contributed by atoms with Gasteiger partial charge < -0.3 is 15.0 Å². The third kappa shape index (κ3) is 2.94. The molecule has 0 bridgehead atoms. The van der Waals surface area contributed by atoms with Crippen molar-refractivity contribution < 1.29 is 9.53 Å². The van der Waals surface area contributed by atoms with Crippen LogP contribution in [0.15, 0.2) is 54.6 Å². The number of amides is 1. The van der Waals surface area contributed by atoms with E-state index in [1.165, 1.54) is 10.9 Å². The van der Waals surface area contributed by atoms with Crippen LogP contribution < -0.4 is 5.32 Å². The Labute approximate surface area is 159 Å². The first-order valence-corrected chi connectivity index (χ1v) is 9.78. The van der Waals surface area contributed by atoms with Crippen LogP contribution in [-0.2, 0) is 21.6 Å². The Kier molecular flexibility index (Phi) is 4.75. The number of H-pyrrole nitrogens is 1. The summed E-state index contributed by atoms with van der Waals surface area (Å²) in [4.78, 5) is 16.0. The number of aromatic amines is 1. The fraction of sp³-hybridized carbons (Fsp3) is 0.348. The predicted octanol–water partition coefficient (Wildman–Crippen LogP) is 4.61. The summed E-state index contributed by atoms with van der Waals surface area (Å²) in [6.45, 7) is 4.66. The van der Waals surface area contributed by atoms with E-state index < -0.39 is 5.60 Å². The van der Waals surface area contributed by atoms with E-state index in [0.29, 0.717) is 13.0 Å². The molecular weight excluding hydrogens is 336 g/mol. The van der Waals surface area contributed by atoms with Crippen LogP contribution in [0.2, 0.25) is 0 Å². The van der Waals surface area contributed by atoms with Crippen LogP contribution in [0.25, 0.3) is 10.9 Å². The van der Waals surface area contributed by atoms with Crippen LogP contribution in [0.3, 0.4) is 0 Å². The monoisotopic (exact) mass is 362 g/mol. The quantitative estimate of drug-likeness (QED) is 0.696. The molecule has 2 unspecified atom stereocenters. The number of carbonyl (C=O) groups is 1. The lowest BCUT2D eigenvalue weighted by Crippen LogP contribution is -2.48.